The summed E-state index contributed by atoms with van der Waals surface area (Å²) in [6.07, 6.45) is 7.12. The third-order valence-electron chi connectivity index (χ3n) is 2.57. The fourth-order valence-corrected chi connectivity index (χ4v) is 1.53. The van der Waals surface area contributed by atoms with E-state index < -0.39 is 0 Å². The second kappa shape index (κ2) is 7.05. The topological polar surface area (TPSA) is 26.0 Å². The molecule has 0 radical (unpaired) electrons. The molecule has 0 fully saturated rings. The summed E-state index contributed by atoms with van der Waals surface area (Å²) in [4.78, 5) is 0. The molecule has 1 unspecified atom stereocenters. The van der Waals surface area contributed by atoms with Crippen LogP contribution in [0.25, 0.3) is 0 Å². The van der Waals surface area contributed by atoms with Crippen LogP contribution in [-0.2, 0) is 0 Å². The highest BCUT2D eigenvalue weighted by Crippen LogP contribution is 2.16. The van der Waals surface area contributed by atoms with E-state index in [0.29, 0.717) is 0 Å². The summed E-state index contributed by atoms with van der Waals surface area (Å²) < 4.78 is 0. The Labute approximate surface area is 98.7 Å². The van der Waals surface area contributed by atoms with Gasteiger partial charge >= 0.3 is 0 Å². The van der Waals surface area contributed by atoms with Crippen LogP contribution in [0.1, 0.15) is 43.4 Å². The molecule has 1 rings (SSSR count). The predicted octanol–water partition coefficient (Wildman–Crippen LogP) is 3.90. The molecule has 0 aliphatic heterocycles. The van der Waals surface area contributed by atoms with E-state index in [2.05, 4.69) is 49.9 Å². The SMILES string of the molecule is CCC=C=CCCC(N)c1ccc(C)cc1. The zero-order valence-electron chi connectivity index (χ0n) is 10.2. The van der Waals surface area contributed by atoms with Crippen molar-refractivity contribution in [1.29, 1.82) is 0 Å². The third kappa shape index (κ3) is 4.48. The first-order valence-electron chi connectivity index (χ1n) is 5.95. The van der Waals surface area contributed by atoms with Crippen LogP contribution in [0.4, 0.5) is 0 Å². The van der Waals surface area contributed by atoms with Crippen LogP contribution in [0.3, 0.4) is 0 Å². The Morgan fingerprint density at radius 2 is 1.94 bits per heavy atom. The highest BCUT2D eigenvalue weighted by atomic mass is 14.6. The van der Waals surface area contributed by atoms with Crippen molar-refractivity contribution in [2.24, 2.45) is 5.73 Å². The van der Waals surface area contributed by atoms with Crippen LogP contribution in [0.5, 0.6) is 0 Å². The fourth-order valence-electron chi connectivity index (χ4n) is 1.53. The number of allylic oxidation sites excluding steroid dienone is 1. The Hall–Kier alpha value is -1.30. The minimum atomic E-state index is 0.139. The second-order valence-corrected chi connectivity index (χ2v) is 4.08. The molecule has 16 heavy (non-hydrogen) atoms. The van der Waals surface area contributed by atoms with E-state index in [9.17, 15) is 0 Å². The van der Waals surface area contributed by atoms with Gasteiger partial charge in [0.2, 0.25) is 0 Å². The van der Waals surface area contributed by atoms with Gasteiger partial charge in [-0.1, -0.05) is 36.8 Å². The van der Waals surface area contributed by atoms with Gasteiger partial charge in [-0.2, -0.15) is 0 Å². The fraction of sp³-hybridized carbons (Fsp3) is 0.400. The van der Waals surface area contributed by atoms with Crippen molar-refractivity contribution in [2.45, 2.75) is 39.2 Å². The molecule has 86 valence electrons. The number of hydrogen-bond acceptors (Lipinski definition) is 1. The molecule has 0 saturated carbocycles. The number of benzene rings is 1. The second-order valence-electron chi connectivity index (χ2n) is 4.08. The van der Waals surface area contributed by atoms with Gasteiger partial charge in [0.05, 0.1) is 0 Å². The molecule has 0 heterocycles. The number of hydrogen-bond donors (Lipinski definition) is 1. The first-order chi connectivity index (χ1) is 7.74. The predicted molar refractivity (Wildman–Crippen MR) is 70.3 cm³/mol. The minimum absolute atomic E-state index is 0.139. The van der Waals surface area contributed by atoms with Gasteiger partial charge in [-0.15, -0.1) is 5.73 Å². The quantitative estimate of drug-likeness (QED) is 0.741. The van der Waals surface area contributed by atoms with Crippen molar-refractivity contribution in [3.05, 3.63) is 53.3 Å². The van der Waals surface area contributed by atoms with Crippen LogP contribution in [0, 0.1) is 6.92 Å². The summed E-state index contributed by atoms with van der Waals surface area (Å²) in [5, 5.41) is 0. The van der Waals surface area contributed by atoms with E-state index in [0.717, 1.165) is 19.3 Å². The lowest BCUT2D eigenvalue weighted by Gasteiger charge is -2.10. The lowest BCUT2D eigenvalue weighted by atomic mass is 10.0. The summed E-state index contributed by atoms with van der Waals surface area (Å²) in [5.74, 6) is 0. The highest BCUT2D eigenvalue weighted by molar-refractivity contribution is 5.23. The summed E-state index contributed by atoms with van der Waals surface area (Å²) in [6.45, 7) is 4.20. The largest absolute Gasteiger partial charge is 0.324 e. The van der Waals surface area contributed by atoms with Gasteiger partial charge < -0.3 is 5.73 Å². The van der Waals surface area contributed by atoms with Crippen molar-refractivity contribution < 1.29 is 0 Å². The molecule has 0 aliphatic carbocycles. The summed E-state index contributed by atoms with van der Waals surface area (Å²) in [7, 11) is 0. The number of aryl methyl sites for hydroxylation is 1. The normalized spacial score (nSPS) is 11.7. The zero-order valence-corrected chi connectivity index (χ0v) is 10.2. The maximum absolute atomic E-state index is 6.10. The van der Waals surface area contributed by atoms with Gasteiger partial charge in [0.15, 0.2) is 0 Å². The van der Waals surface area contributed by atoms with Crippen LogP contribution < -0.4 is 5.73 Å². The average molecular weight is 215 g/mol. The molecule has 0 spiro atoms. The summed E-state index contributed by atoms with van der Waals surface area (Å²) >= 11 is 0. The van der Waals surface area contributed by atoms with E-state index in [-0.39, 0.29) is 6.04 Å². The zero-order chi connectivity index (χ0) is 11.8. The summed E-state index contributed by atoms with van der Waals surface area (Å²) in [5.41, 5.74) is 11.7. The van der Waals surface area contributed by atoms with Crippen LogP contribution in [0.2, 0.25) is 0 Å². The van der Waals surface area contributed by atoms with Crippen molar-refractivity contribution in [2.75, 3.05) is 0 Å². The molecule has 0 aliphatic rings. The monoisotopic (exact) mass is 215 g/mol. The van der Waals surface area contributed by atoms with E-state index in [1.54, 1.807) is 0 Å². The maximum atomic E-state index is 6.10. The number of rotatable bonds is 5. The standard InChI is InChI=1S/C15H21N/c1-3-4-5-6-7-8-15(16)14-11-9-13(2)10-12-14/h4,6,9-12,15H,3,7-8,16H2,1-2H3. The van der Waals surface area contributed by atoms with Crippen molar-refractivity contribution in [1.82, 2.24) is 0 Å². The van der Waals surface area contributed by atoms with Crippen molar-refractivity contribution >= 4 is 0 Å². The number of nitrogens with two attached hydrogens (primary N) is 1. The average Bonchev–Trinajstić information content (AvgIpc) is 2.29. The molecule has 1 aromatic rings. The molecule has 0 aromatic heterocycles. The van der Waals surface area contributed by atoms with E-state index in [1.807, 2.05) is 6.08 Å². The van der Waals surface area contributed by atoms with Gasteiger partial charge in [-0.25, -0.2) is 0 Å². The Bertz CT molecular complexity index is 356. The lowest BCUT2D eigenvalue weighted by Crippen LogP contribution is -2.09. The van der Waals surface area contributed by atoms with Crippen LogP contribution >= 0.6 is 0 Å². The van der Waals surface area contributed by atoms with Gasteiger partial charge in [-0.3, -0.25) is 0 Å². The Morgan fingerprint density at radius 1 is 1.25 bits per heavy atom. The molecule has 1 aromatic carbocycles. The van der Waals surface area contributed by atoms with E-state index in [4.69, 9.17) is 5.73 Å². The Morgan fingerprint density at radius 3 is 2.56 bits per heavy atom. The first kappa shape index (κ1) is 12.8. The van der Waals surface area contributed by atoms with Gasteiger partial charge in [0.1, 0.15) is 0 Å². The lowest BCUT2D eigenvalue weighted by molar-refractivity contribution is 0.661. The van der Waals surface area contributed by atoms with Crippen molar-refractivity contribution in [3.8, 4) is 0 Å². The van der Waals surface area contributed by atoms with Crippen LogP contribution in [0.15, 0.2) is 42.1 Å². The molecule has 1 nitrogen and oxygen atoms in total. The molecule has 0 amide bonds. The summed E-state index contributed by atoms with van der Waals surface area (Å²) in [6, 6.07) is 8.60. The molecule has 0 saturated heterocycles. The van der Waals surface area contributed by atoms with Crippen molar-refractivity contribution in [3.63, 3.8) is 0 Å². The Kier molecular flexibility index (Phi) is 5.63. The van der Waals surface area contributed by atoms with E-state index in [1.165, 1.54) is 11.1 Å². The highest BCUT2D eigenvalue weighted by Gasteiger charge is 2.03. The minimum Gasteiger partial charge on any atom is -0.324 e. The maximum Gasteiger partial charge on any atom is 0.0298 e. The molecule has 2 N–H and O–H groups in total. The third-order valence-corrected chi connectivity index (χ3v) is 2.57. The molecule has 1 heteroatoms. The van der Waals surface area contributed by atoms with Crippen LogP contribution in [-0.4, -0.2) is 0 Å². The molecular weight excluding hydrogens is 194 g/mol. The smallest absolute Gasteiger partial charge is 0.0298 e. The van der Waals surface area contributed by atoms with Gasteiger partial charge in [-0.05, 0) is 43.9 Å². The first-order valence-corrected chi connectivity index (χ1v) is 5.95. The van der Waals surface area contributed by atoms with E-state index >= 15 is 0 Å². The van der Waals surface area contributed by atoms with Gasteiger partial charge in [0.25, 0.3) is 0 Å². The molecule has 0 bridgehead atoms. The van der Waals surface area contributed by atoms with Gasteiger partial charge in [0, 0.05) is 6.04 Å². The molecule has 1 atom stereocenters. The Balaban J connectivity index is 2.43. The molecular formula is C15H21N.